The van der Waals surface area contributed by atoms with Gasteiger partial charge in [0.1, 0.15) is 29.6 Å². The summed E-state index contributed by atoms with van der Waals surface area (Å²) in [5.74, 6) is 3.64. The summed E-state index contributed by atoms with van der Waals surface area (Å²) in [7, 11) is 0. The number of likely N-dealkylation sites (tertiary alicyclic amines) is 2. The Morgan fingerprint density at radius 1 is 0.346 bits per heavy atom. The van der Waals surface area contributed by atoms with Crippen LogP contribution in [0.1, 0.15) is 255 Å². The van der Waals surface area contributed by atoms with Crippen LogP contribution in [0, 0.1) is 12.3 Å². The Hall–Kier alpha value is -11.9. The van der Waals surface area contributed by atoms with E-state index in [2.05, 4.69) is 248 Å². The third kappa shape index (κ3) is 27.2. The molecule has 11 heteroatoms. The van der Waals surface area contributed by atoms with Gasteiger partial charge in [-0.1, -0.05) is 318 Å². The Balaban J connectivity index is 0.000000143. The summed E-state index contributed by atoms with van der Waals surface area (Å²) >= 11 is 0. The highest BCUT2D eigenvalue weighted by Crippen LogP contribution is 2.45. The molecule has 12 aromatic carbocycles. The molecule has 2 aliphatic carbocycles. The van der Waals surface area contributed by atoms with Gasteiger partial charge in [-0.25, -0.2) is 0 Å². The van der Waals surface area contributed by atoms with Crippen molar-refractivity contribution in [1.29, 1.82) is 0 Å². The van der Waals surface area contributed by atoms with Gasteiger partial charge in [0.15, 0.2) is 0 Å². The van der Waals surface area contributed by atoms with Gasteiger partial charge in [-0.2, -0.15) is 0 Å². The number of piperidine rings is 1. The van der Waals surface area contributed by atoms with Gasteiger partial charge in [-0.05, 0) is 329 Å². The average molecular weight is 1780 g/mol. The van der Waals surface area contributed by atoms with Crippen LogP contribution in [0.4, 0.5) is 0 Å². The second kappa shape index (κ2) is 50.3. The third-order valence-electron chi connectivity index (χ3n) is 27.8. The van der Waals surface area contributed by atoms with Crippen LogP contribution in [0.5, 0.6) is 23.0 Å². The number of benzene rings is 12. The highest BCUT2D eigenvalue weighted by Gasteiger charge is 2.40. The van der Waals surface area contributed by atoms with Crippen molar-refractivity contribution in [2.75, 3.05) is 78.8 Å². The van der Waals surface area contributed by atoms with E-state index >= 15 is 0 Å². The largest absolute Gasteiger partial charge is 0.508 e. The molecule has 3 saturated heterocycles. The van der Waals surface area contributed by atoms with Crippen LogP contribution in [0.15, 0.2) is 328 Å². The fourth-order valence-corrected chi connectivity index (χ4v) is 20.5. The standard InChI is InChI=1S/C32H38N2O3.C31H35NO2.C30H34O.C29H32O2/c35-21-4-7-30(25-5-2-1-3-6-25)31(26-8-12-28(36)13-9-26)27-10-14-29(15-11-27)37-22-20-34-19-17-32(24-34)16-18-33-23-32;1-23(2)32-20-18-25(19-21-32)24-10-12-27(13-11-24)31(28-14-16-29(34)17-15-28)30(9-6-22-33)26-7-4-3-5-8-26;1-23-14-16-27(17-15-23)30(29(13-8-22-31)26-11-6-3-7-12-26)28-20-18-25(19-21-28)24-9-4-2-5-10-24;30-21-7-12-28(24-10-5-2-6-11-24)29(26-17-19-27(31)20-18-26)25-15-13-23(14-16-25)22-8-3-1-4-9-22/h1-3,5-6,8-15,33,35-36H,4,7,16-24H2;3-5,7-8,10-17,25,33-34H,1,6,9,18-22H2,2H3;3,6-7,11-12,14-21,24,31H,2,4-5,8-10,13,22H2,1H3;2,5-6,10-11,13-20,22,30-31H,1,3-4,7-9,12,21H2/b31-30-;31-30+;30-29-;29-28+. The van der Waals surface area contributed by atoms with Gasteiger partial charge in [-0.3, -0.25) is 4.90 Å². The van der Waals surface area contributed by atoms with E-state index in [0.29, 0.717) is 43.1 Å². The predicted octanol–water partition coefficient (Wildman–Crippen LogP) is 27.0. The molecule has 133 heavy (non-hydrogen) atoms. The van der Waals surface area contributed by atoms with Crippen LogP contribution in [0.3, 0.4) is 0 Å². The lowest BCUT2D eigenvalue weighted by atomic mass is 9.82. The molecule has 0 radical (unpaired) electrons. The molecule has 12 aromatic rings. The molecule has 0 bridgehead atoms. The summed E-state index contributed by atoms with van der Waals surface area (Å²) in [6, 6.07) is 109. The van der Waals surface area contributed by atoms with Crippen LogP contribution in [0.25, 0.3) is 44.6 Å². The van der Waals surface area contributed by atoms with Crippen molar-refractivity contribution in [1.82, 2.24) is 15.1 Å². The first-order chi connectivity index (χ1) is 65.2. The summed E-state index contributed by atoms with van der Waals surface area (Å²) in [6.45, 7) is 17.4. The van der Waals surface area contributed by atoms with E-state index in [4.69, 9.17) is 4.74 Å². The third-order valence-corrected chi connectivity index (χ3v) is 27.8. The van der Waals surface area contributed by atoms with Gasteiger partial charge in [0.25, 0.3) is 0 Å². The second-order valence-electron chi connectivity index (χ2n) is 37.1. The zero-order valence-corrected chi connectivity index (χ0v) is 78.4. The molecule has 3 aliphatic heterocycles. The van der Waals surface area contributed by atoms with Crippen LogP contribution in [0.2, 0.25) is 0 Å². The van der Waals surface area contributed by atoms with Crippen LogP contribution < -0.4 is 10.1 Å². The second-order valence-corrected chi connectivity index (χ2v) is 37.1. The highest BCUT2D eigenvalue weighted by atomic mass is 16.5. The first-order valence-corrected chi connectivity index (χ1v) is 49.2. The van der Waals surface area contributed by atoms with Crippen molar-refractivity contribution in [3.05, 3.63) is 417 Å². The van der Waals surface area contributed by atoms with Crippen molar-refractivity contribution in [3.63, 3.8) is 0 Å². The number of aliphatic hydroxyl groups is 4. The summed E-state index contributed by atoms with van der Waals surface area (Å²) in [6.07, 6.45) is 24.3. The Bertz CT molecular complexity index is 5480. The van der Waals surface area contributed by atoms with E-state index in [1.807, 2.05) is 66.7 Å². The number of ether oxygens (including phenoxy) is 1. The van der Waals surface area contributed by atoms with Gasteiger partial charge in [0.05, 0.1) is 0 Å². The van der Waals surface area contributed by atoms with E-state index < -0.39 is 0 Å². The molecule has 0 amide bonds. The Kier molecular flexibility index (Phi) is 36.7. The molecule has 690 valence electrons. The topological polar surface area (TPSA) is 169 Å². The quantitative estimate of drug-likeness (QED) is 0.0189. The number of aliphatic hydroxyl groups excluding tert-OH is 4. The molecular weight excluding hydrogens is 1640 g/mol. The Morgan fingerprint density at radius 2 is 0.639 bits per heavy atom. The summed E-state index contributed by atoms with van der Waals surface area (Å²) in [4.78, 5) is 4.92. The van der Waals surface area contributed by atoms with Gasteiger partial charge in [0, 0.05) is 64.8 Å². The zero-order chi connectivity index (χ0) is 92.4. The van der Waals surface area contributed by atoms with Gasteiger partial charge < -0.3 is 50.7 Å². The van der Waals surface area contributed by atoms with Crippen molar-refractivity contribution in [3.8, 4) is 23.0 Å². The maximum Gasteiger partial charge on any atom is 0.119 e. The first kappa shape index (κ1) is 97.1. The number of nitrogens with one attached hydrogen (secondary N) is 1. The lowest BCUT2D eigenvalue weighted by Gasteiger charge is -2.34. The lowest BCUT2D eigenvalue weighted by molar-refractivity contribution is 0.217. The Morgan fingerprint density at radius 3 is 0.932 bits per heavy atom. The monoisotopic (exact) mass is 1770 g/mol. The number of hydrogen-bond acceptors (Lipinski definition) is 11. The molecule has 1 atom stereocenters. The molecular formula is C122H139N3O8. The molecule has 1 unspecified atom stereocenters. The number of phenols is 3. The Labute approximate surface area is 792 Å². The first-order valence-electron chi connectivity index (χ1n) is 49.2. The molecule has 1 spiro atoms. The molecule has 8 N–H and O–H groups in total. The minimum atomic E-state index is 0.140. The maximum absolute atomic E-state index is 9.89. The van der Waals surface area contributed by atoms with Crippen LogP contribution in [-0.2, 0) is 0 Å². The van der Waals surface area contributed by atoms with E-state index in [0.717, 1.165) is 145 Å². The van der Waals surface area contributed by atoms with E-state index in [1.165, 1.54) is 174 Å². The lowest BCUT2D eigenvalue weighted by Crippen LogP contribution is -2.31. The maximum atomic E-state index is 9.89. The van der Waals surface area contributed by atoms with Crippen LogP contribution in [-0.4, -0.2) is 124 Å². The SMILES string of the molecule is C=C(C)N1CCC(c2ccc(/C(=C(/CCCO)c3ccccc3)c3ccc(O)cc3)cc2)CC1.Cc1ccc(/C(=C(\CCCO)c2ccccc2)c2ccc(C3CCCCC3)cc2)cc1.OCCC/C(=C(\c1ccc(O)cc1)c1ccc(C2CCCCC2)cc1)c1ccccc1.OCCC/C(=C(\c1ccc(O)cc1)c1ccc(OCCN2CCC3(CCNC3)C2)cc1)c1ccccc1. The minimum absolute atomic E-state index is 0.140. The molecule has 5 aliphatic rings. The molecule has 11 nitrogen and oxygen atoms in total. The van der Waals surface area contributed by atoms with Crippen molar-refractivity contribution < 1.29 is 40.5 Å². The number of aryl methyl sites for hydroxylation is 1. The average Bonchev–Trinajstić information content (AvgIpc) is 1.74. The highest BCUT2D eigenvalue weighted by molar-refractivity contribution is 6.02. The number of nitrogens with zero attached hydrogens (tertiary/aromatic N) is 2. The smallest absolute Gasteiger partial charge is 0.119 e. The minimum Gasteiger partial charge on any atom is -0.508 e. The summed E-state index contributed by atoms with van der Waals surface area (Å²) in [5.41, 5.74) is 30.7. The van der Waals surface area contributed by atoms with E-state index in [9.17, 15) is 35.7 Å². The normalized spacial score (nSPS) is 16.8. The molecule has 2 saturated carbocycles. The molecule has 5 fully saturated rings. The van der Waals surface area contributed by atoms with Crippen molar-refractivity contribution >= 4 is 44.6 Å². The molecule has 3 heterocycles. The number of phenolic OH excluding ortho intramolecular Hbond substituents is 3. The zero-order valence-electron chi connectivity index (χ0n) is 78.4. The predicted molar refractivity (Wildman–Crippen MR) is 552 cm³/mol. The fourth-order valence-electron chi connectivity index (χ4n) is 20.5. The summed E-state index contributed by atoms with van der Waals surface area (Å²) in [5, 5.41) is 71.5. The summed E-state index contributed by atoms with van der Waals surface area (Å²) < 4.78 is 6.15. The van der Waals surface area contributed by atoms with Gasteiger partial charge >= 0.3 is 0 Å². The van der Waals surface area contributed by atoms with E-state index in [1.54, 1.807) is 36.4 Å². The fraction of sp³-hybridized carbons (Fsp3) is 0.328. The number of aromatic hydroxyl groups is 3. The van der Waals surface area contributed by atoms with Crippen molar-refractivity contribution in [2.45, 2.75) is 173 Å². The number of hydrogen-bond donors (Lipinski definition) is 8. The number of rotatable bonds is 32. The van der Waals surface area contributed by atoms with Crippen LogP contribution >= 0.6 is 0 Å². The van der Waals surface area contributed by atoms with Gasteiger partial charge in [-0.15, -0.1) is 0 Å². The molecule has 0 aromatic heterocycles. The van der Waals surface area contributed by atoms with Gasteiger partial charge in [0.2, 0.25) is 0 Å². The van der Waals surface area contributed by atoms with E-state index in [-0.39, 0.29) is 43.7 Å². The molecule has 17 rings (SSSR count). The van der Waals surface area contributed by atoms with Crippen molar-refractivity contribution in [2.24, 2.45) is 5.41 Å². The number of allylic oxidation sites excluding steroid dienone is 5.